The number of nitrogen functional groups attached to an aromatic ring is 1. The second-order valence-electron chi connectivity index (χ2n) is 29.3. The van der Waals surface area contributed by atoms with Crippen LogP contribution in [0, 0.1) is 0 Å². The summed E-state index contributed by atoms with van der Waals surface area (Å²) in [6.45, 7) is 23.0. The molecule has 12 aromatic carbocycles. The summed E-state index contributed by atoms with van der Waals surface area (Å²) in [5.74, 6) is 0. The molecule has 0 atom stereocenters. The smallest absolute Gasteiger partial charge is 0.137 e. The quantitative estimate of drug-likeness (QED) is 0.174. The van der Waals surface area contributed by atoms with Gasteiger partial charge in [-0.3, -0.25) is 0 Å². The van der Waals surface area contributed by atoms with E-state index >= 15 is 0 Å². The zero-order chi connectivity index (χ0) is 69.7. The summed E-state index contributed by atoms with van der Waals surface area (Å²) in [6.07, 6.45) is 0. The Bertz CT molecular complexity index is 5850. The Morgan fingerprint density at radius 1 is 0.390 bits per heavy atom. The molecular formula is C90H76BrCl3N4O2. The van der Waals surface area contributed by atoms with Gasteiger partial charge in [0.15, 0.2) is 0 Å². The van der Waals surface area contributed by atoms with E-state index in [2.05, 4.69) is 269 Å². The monoisotopic (exact) mass is 1430 g/mol. The van der Waals surface area contributed by atoms with E-state index in [0.29, 0.717) is 5.02 Å². The molecule has 0 radical (unpaired) electrons. The SMILES string of the molecule is CC(C)(C)c1cc(Cl)cc(-n2c3c(c4ccccc42)C(C)(C)c2ccccc2-3)c1.CC(C)(C)c1cc(N(c2cccc(Cl)c2)c2cccc3oc4ccccc4c23)cc(-n2c3c(c4ccccc42)C(C)(C)c2ccccc2-3)c1.Clc1cccc(Br)c1.Nc1cccc2oc3ccccc3c12. The molecule has 10 heteroatoms. The summed E-state index contributed by atoms with van der Waals surface area (Å²) >= 11 is 22.2. The van der Waals surface area contributed by atoms with Crippen molar-refractivity contribution >= 4 is 139 Å². The molecule has 2 aliphatic rings. The number of halogens is 4. The summed E-state index contributed by atoms with van der Waals surface area (Å²) in [4.78, 5) is 2.35. The number of nitrogens with zero attached hydrogens (tertiary/aromatic N) is 3. The number of furan rings is 2. The molecule has 496 valence electrons. The third-order valence-electron chi connectivity index (χ3n) is 19.9. The molecule has 0 saturated heterocycles. The fraction of sp³-hybridized carbons (Fsp3) is 0.156. The fourth-order valence-electron chi connectivity index (χ4n) is 15.2. The molecule has 0 fully saturated rings. The van der Waals surface area contributed by atoms with Gasteiger partial charge in [-0.25, -0.2) is 0 Å². The van der Waals surface area contributed by atoms with Crippen molar-refractivity contribution in [3.63, 3.8) is 0 Å². The van der Waals surface area contributed by atoms with Crippen LogP contribution in [-0.4, -0.2) is 9.13 Å². The topological polar surface area (TPSA) is 65.4 Å². The maximum absolute atomic E-state index is 6.73. The number of rotatable bonds is 5. The van der Waals surface area contributed by atoms with E-state index in [-0.39, 0.29) is 21.7 Å². The van der Waals surface area contributed by atoms with E-state index < -0.39 is 0 Å². The first-order valence-electron chi connectivity index (χ1n) is 33.9. The van der Waals surface area contributed by atoms with Crippen LogP contribution in [0.2, 0.25) is 15.1 Å². The Morgan fingerprint density at radius 2 is 0.830 bits per heavy atom. The zero-order valence-corrected chi connectivity index (χ0v) is 61.5. The highest BCUT2D eigenvalue weighted by Crippen LogP contribution is 2.56. The van der Waals surface area contributed by atoms with Crippen molar-refractivity contribution in [1.29, 1.82) is 0 Å². The van der Waals surface area contributed by atoms with Crippen molar-refractivity contribution in [2.24, 2.45) is 0 Å². The highest BCUT2D eigenvalue weighted by molar-refractivity contribution is 9.10. The van der Waals surface area contributed by atoms with Gasteiger partial charge in [0.05, 0.1) is 38.9 Å². The van der Waals surface area contributed by atoms with E-state index in [1.54, 1.807) is 0 Å². The van der Waals surface area contributed by atoms with Gasteiger partial charge in [-0.2, -0.15) is 0 Å². The normalized spacial score (nSPS) is 13.3. The minimum absolute atomic E-state index is 0.0307. The van der Waals surface area contributed by atoms with E-state index in [1.807, 2.05) is 97.1 Å². The second-order valence-corrected chi connectivity index (χ2v) is 31.5. The van der Waals surface area contributed by atoms with Gasteiger partial charge in [0.25, 0.3) is 0 Å². The van der Waals surface area contributed by atoms with Gasteiger partial charge >= 0.3 is 0 Å². The molecular weight excluding hydrogens is 1360 g/mol. The first-order valence-corrected chi connectivity index (χ1v) is 35.9. The van der Waals surface area contributed by atoms with E-state index in [4.69, 9.17) is 49.4 Å². The van der Waals surface area contributed by atoms with Gasteiger partial charge in [0.2, 0.25) is 0 Å². The van der Waals surface area contributed by atoms with Crippen LogP contribution in [0.4, 0.5) is 22.7 Å². The van der Waals surface area contributed by atoms with Crippen LogP contribution in [0.3, 0.4) is 0 Å². The van der Waals surface area contributed by atoms with Crippen LogP contribution in [0.5, 0.6) is 0 Å². The molecule has 0 aliphatic heterocycles. The van der Waals surface area contributed by atoms with Crippen LogP contribution >= 0.6 is 50.7 Å². The summed E-state index contributed by atoms with van der Waals surface area (Å²) in [5, 5.41) is 9.10. The second kappa shape index (κ2) is 25.5. The number of nitrogens with two attached hydrogens (primary N) is 1. The zero-order valence-electron chi connectivity index (χ0n) is 57.7. The molecule has 16 aromatic rings. The van der Waals surface area contributed by atoms with Crippen molar-refractivity contribution < 1.29 is 8.83 Å². The number of hydrogen-bond donors (Lipinski definition) is 1. The number of aromatic nitrogens is 2. The van der Waals surface area contributed by atoms with Crippen molar-refractivity contribution in [2.45, 2.75) is 90.9 Å². The summed E-state index contributed by atoms with van der Waals surface area (Å²) in [7, 11) is 0. The summed E-state index contributed by atoms with van der Waals surface area (Å²) in [5.41, 5.74) is 30.9. The summed E-state index contributed by atoms with van der Waals surface area (Å²) < 4.78 is 18.0. The third-order valence-corrected chi connectivity index (χ3v) is 21.1. The number of fused-ring (bicyclic) bond motifs is 16. The molecule has 0 amide bonds. The van der Waals surface area contributed by atoms with Gasteiger partial charge in [0.1, 0.15) is 22.3 Å². The Morgan fingerprint density at radius 3 is 1.36 bits per heavy atom. The first kappa shape index (κ1) is 66.2. The Hall–Kier alpha value is -9.73. The largest absolute Gasteiger partial charge is 0.456 e. The lowest BCUT2D eigenvalue weighted by Gasteiger charge is -2.30. The molecule has 2 aliphatic carbocycles. The highest BCUT2D eigenvalue weighted by Gasteiger charge is 2.42. The molecule has 0 unspecified atom stereocenters. The molecule has 0 bridgehead atoms. The third kappa shape index (κ3) is 11.6. The number of anilines is 4. The lowest BCUT2D eigenvalue weighted by atomic mass is 9.81. The lowest BCUT2D eigenvalue weighted by molar-refractivity contribution is 0.589. The van der Waals surface area contributed by atoms with Crippen LogP contribution < -0.4 is 10.6 Å². The predicted octanol–water partition coefficient (Wildman–Crippen LogP) is 27.4. The van der Waals surface area contributed by atoms with Gasteiger partial charge in [0, 0.05) is 91.5 Å². The maximum atomic E-state index is 6.73. The first-order chi connectivity index (χ1) is 47.9. The molecule has 100 heavy (non-hydrogen) atoms. The Labute approximate surface area is 607 Å². The van der Waals surface area contributed by atoms with Crippen molar-refractivity contribution in [2.75, 3.05) is 10.6 Å². The molecule has 4 aromatic heterocycles. The van der Waals surface area contributed by atoms with Crippen LogP contribution in [-0.2, 0) is 21.7 Å². The number of hydrogen-bond acceptors (Lipinski definition) is 4. The lowest BCUT2D eigenvalue weighted by Crippen LogP contribution is -2.16. The van der Waals surface area contributed by atoms with Gasteiger partial charge < -0.3 is 28.6 Å². The molecule has 0 saturated carbocycles. The molecule has 2 N–H and O–H groups in total. The average Bonchev–Trinajstić information content (AvgIpc) is 1.54. The highest BCUT2D eigenvalue weighted by atomic mass is 79.9. The molecule has 0 spiro atoms. The standard InChI is InChI=1S/C45H37ClN2O.C27H26ClN.C12H9NO.C6H4BrCl/c1-44(2,3)28-24-31(47(30-15-12-14-29(46)26-30)38-21-13-23-40-41(38)35-18-8-11-22-39(35)49-40)27-32(25-28)48-37-20-10-7-17-34(37)42-43(48)33-16-6-9-19-36(33)45(42,4)5;1-26(2,3)17-14-18(28)16-19(15-17)29-23-13-9-7-11-21(23)24-25(29)20-10-6-8-12-22(20)27(24,4)5;13-9-5-3-7-11-12(9)8-4-1-2-6-10(8)14-11;7-5-2-1-3-6(8)4-5/h6-27H,1-5H3;6-16H,1-5H3;1-7H,13H2;1-4H. The Kier molecular flexibility index (Phi) is 16.8. The summed E-state index contributed by atoms with van der Waals surface area (Å²) in [6, 6.07) is 92.9. The average molecular weight is 1430 g/mol. The molecule has 6 nitrogen and oxygen atoms in total. The van der Waals surface area contributed by atoms with Crippen molar-refractivity contribution in [1.82, 2.24) is 9.13 Å². The molecule has 4 heterocycles. The predicted molar refractivity (Wildman–Crippen MR) is 428 cm³/mol. The minimum Gasteiger partial charge on any atom is -0.456 e. The maximum Gasteiger partial charge on any atom is 0.137 e. The van der Waals surface area contributed by atoms with Gasteiger partial charge in [-0.15, -0.1) is 0 Å². The van der Waals surface area contributed by atoms with Crippen LogP contribution in [0.25, 0.3) is 99.6 Å². The number of para-hydroxylation sites is 4. The molecule has 18 rings (SSSR count). The van der Waals surface area contributed by atoms with E-state index in [0.717, 1.165) is 92.5 Å². The van der Waals surface area contributed by atoms with E-state index in [1.165, 1.54) is 77.7 Å². The number of benzene rings is 12. The Balaban J connectivity index is 0.000000132. The van der Waals surface area contributed by atoms with Crippen molar-refractivity contribution in [3.8, 4) is 33.9 Å². The van der Waals surface area contributed by atoms with Crippen LogP contribution in [0.15, 0.2) is 280 Å². The van der Waals surface area contributed by atoms with E-state index in [9.17, 15) is 0 Å². The van der Waals surface area contributed by atoms with Gasteiger partial charge in [-0.05, 0) is 166 Å². The fourth-order valence-corrected chi connectivity index (χ4v) is 16.3. The van der Waals surface area contributed by atoms with Gasteiger partial charge in [-0.1, -0.05) is 266 Å². The van der Waals surface area contributed by atoms with Crippen molar-refractivity contribution in [3.05, 3.63) is 320 Å². The van der Waals surface area contributed by atoms with Crippen LogP contribution in [0.1, 0.15) is 103 Å². The minimum atomic E-state index is -0.133.